The van der Waals surface area contributed by atoms with Crippen LogP contribution >= 0.6 is 0 Å². The number of carboxylic acids is 1. The first-order chi connectivity index (χ1) is 8.72. The maximum Gasteiger partial charge on any atom is 0.319 e. The number of aryl methyl sites for hydroxylation is 1. The second-order valence-corrected chi connectivity index (χ2v) is 4.96. The lowest BCUT2D eigenvalue weighted by atomic mass is 9.94. The number of aliphatic carboxylic acids is 1. The lowest BCUT2D eigenvalue weighted by Gasteiger charge is -2.19. The topological polar surface area (TPSA) is 78.4 Å². The van der Waals surface area contributed by atoms with Crippen LogP contribution in [0.4, 0.5) is 14.9 Å². The van der Waals surface area contributed by atoms with Crippen LogP contribution in [-0.2, 0) is 4.79 Å². The second-order valence-electron chi connectivity index (χ2n) is 4.96. The van der Waals surface area contributed by atoms with Gasteiger partial charge in [-0.15, -0.1) is 0 Å². The number of hydrogen-bond acceptors (Lipinski definition) is 2. The molecule has 2 amide bonds. The number of rotatable bonds is 4. The van der Waals surface area contributed by atoms with Gasteiger partial charge >= 0.3 is 12.0 Å². The van der Waals surface area contributed by atoms with E-state index in [2.05, 4.69) is 10.6 Å². The Morgan fingerprint density at radius 1 is 1.37 bits per heavy atom. The SMILES string of the molecule is Cc1cc(NC(=O)NCC(C)(C)C(=O)O)ccc1F. The predicted octanol–water partition coefficient (Wildman–Crippen LogP) is 2.37. The van der Waals surface area contributed by atoms with E-state index >= 15 is 0 Å². The van der Waals surface area contributed by atoms with Crippen LogP contribution in [0.2, 0.25) is 0 Å². The van der Waals surface area contributed by atoms with Crippen molar-refractivity contribution in [2.24, 2.45) is 5.41 Å². The molecule has 104 valence electrons. The van der Waals surface area contributed by atoms with Crippen LogP contribution in [0.5, 0.6) is 0 Å². The van der Waals surface area contributed by atoms with E-state index in [1.807, 2.05) is 0 Å². The van der Waals surface area contributed by atoms with Crippen molar-refractivity contribution in [2.45, 2.75) is 20.8 Å². The predicted molar refractivity (Wildman–Crippen MR) is 69.6 cm³/mol. The van der Waals surface area contributed by atoms with Gasteiger partial charge in [0.2, 0.25) is 0 Å². The molecule has 1 aromatic carbocycles. The molecule has 0 fully saturated rings. The highest BCUT2D eigenvalue weighted by atomic mass is 19.1. The van der Waals surface area contributed by atoms with Gasteiger partial charge in [-0.05, 0) is 44.5 Å². The van der Waals surface area contributed by atoms with Crippen LogP contribution in [0.25, 0.3) is 0 Å². The van der Waals surface area contributed by atoms with Crippen molar-refractivity contribution in [3.8, 4) is 0 Å². The largest absolute Gasteiger partial charge is 0.481 e. The van der Waals surface area contributed by atoms with Gasteiger partial charge in [0.1, 0.15) is 5.82 Å². The number of benzene rings is 1. The van der Waals surface area contributed by atoms with E-state index in [-0.39, 0.29) is 12.4 Å². The monoisotopic (exact) mass is 268 g/mol. The zero-order valence-electron chi connectivity index (χ0n) is 11.1. The summed E-state index contributed by atoms with van der Waals surface area (Å²) in [5.74, 6) is -1.34. The molecule has 0 aliphatic rings. The Labute approximate surface area is 110 Å². The maximum atomic E-state index is 13.0. The number of halogens is 1. The van der Waals surface area contributed by atoms with Crippen molar-refractivity contribution >= 4 is 17.7 Å². The van der Waals surface area contributed by atoms with Gasteiger partial charge in [-0.1, -0.05) is 0 Å². The third-order valence-corrected chi connectivity index (χ3v) is 2.69. The average molecular weight is 268 g/mol. The highest BCUT2D eigenvalue weighted by Gasteiger charge is 2.27. The van der Waals surface area contributed by atoms with E-state index in [0.717, 1.165) is 0 Å². The lowest BCUT2D eigenvalue weighted by molar-refractivity contribution is -0.146. The Morgan fingerprint density at radius 2 is 2.00 bits per heavy atom. The molecule has 0 bridgehead atoms. The highest BCUT2D eigenvalue weighted by molar-refractivity contribution is 5.89. The fraction of sp³-hybridized carbons (Fsp3) is 0.385. The summed E-state index contributed by atoms with van der Waals surface area (Å²) < 4.78 is 13.0. The number of urea groups is 1. The van der Waals surface area contributed by atoms with Crippen molar-refractivity contribution in [3.63, 3.8) is 0 Å². The van der Waals surface area contributed by atoms with Gasteiger partial charge in [0, 0.05) is 12.2 Å². The van der Waals surface area contributed by atoms with Gasteiger partial charge in [-0.25, -0.2) is 9.18 Å². The molecule has 0 radical (unpaired) electrons. The van der Waals surface area contributed by atoms with Crippen molar-refractivity contribution in [1.29, 1.82) is 0 Å². The number of carbonyl (C=O) groups excluding carboxylic acids is 1. The Hall–Kier alpha value is -2.11. The Balaban J connectivity index is 2.56. The molecule has 3 N–H and O–H groups in total. The van der Waals surface area contributed by atoms with Crippen LogP contribution in [0.1, 0.15) is 19.4 Å². The van der Waals surface area contributed by atoms with Gasteiger partial charge < -0.3 is 15.7 Å². The van der Waals surface area contributed by atoms with E-state index in [1.165, 1.54) is 32.0 Å². The van der Waals surface area contributed by atoms with Crippen molar-refractivity contribution in [2.75, 3.05) is 11.9 Å². The minimum atomic E-state index is -1.05. The van der Waals surface area contributed by atoms with Crippen LogP contribution in [-0.4, -0.2) is 23.7 Å². The van der Waals surface area contributed by atoms with Crippen molar-refractivity contribution in [3.05, 3.63) is 29.6 Å². The van der Waals surface area contributed by atoms with Crippen LogP contribution in [0, 0.1) is 18.2 Å². The Bertz CT molecular complexity index is 501. The molecule has 6 heteroatoms. The average Bonchev–Trinajstić information content (AvgIpc) is 2.31. The van der Waals surface area contributed by atoms with E-state index in [1.54, 1.807) is 6.92 Å². The number of hydrogen-bond donors (Lipinski definition) is 3. The molecule has 0 spiro atoms. The maximum absolute atomic E-state index is 13.0. The number of amides is 2. The minimum Gasteiger partial charge on any atom is -0.481 e. The molecule has 0 heterocycles. The third kappa shape index (κ3) is 4.24. The van der Waals surface area contributed by atoms with Gasteiger partial charge in [-0.3, -0.25) is 4.79 Å². The third-order valence-electron chi connectivity index (χ3n) is 2.69. The highest BCUT2D eigenvalue weighted by Crippen LogP contribution is 2.15. The second kappa shape index (κ2) is 5.69. The van der Waals surface area contributed by atoms with E-state index in [4.69, 9.17) is 5.11 Å². The lowest BCUT2D eigenvalue weighted by Crippen LogP contribution is -2.40. The zero-order chi connectivity index (χ0) is 14.6. The van der Waals surface area contributed by atoms with Crippen molar-refractivity contribution in [1.82, 2.24) is 5.32 Å². The number of carboxylic acid groups (broad SMARTS) is 1. The summed E-state index contributed by atoms with van der Waals surface area (Å²) in [6, 6.07) is 3.66. The number of anilines is 1. The number of nitrogens with one attached hydrogen (secondary N) is 2. The molecule has 0 unspecified atom stereocenters. The summed E-state index contributed by atoms with van der Waals surface area (Å²) in [6.45, 7) is 4.61. The summed E-state index contributed by atoms with van der Waals surface area (Å²) in [4.78, 5) is 22.4. The minimum absolute atomic E-state index is 0.00561. The molecular formula is C13H17FN2O3. The van der Waals surface area contributed by atoms with Gasteiger partial charge in [0.05, 0.1) is 5.41 Å². The number of carbonyl (C=O) groups is 2. The molecule has 0 saturated carbocycles. The van der Waals surface area contributed by atoms with Gasteiger partial charge in [0.25, 0.3) is 0 Å². The molecule has 1 aromatic rings. The Morgan fingerprint density at radius 3 is 2.53 bits per heavy atom. The molecule has 0 atom stereocenters. The summed E-state index contributed by atoms with van der Waals surface area (Å²) in [5, 5.41) is 13.9. The van der Waals surface area contributed by atoms with Gasteiger partial charge in [0.15, 0.2) is 0 Å². The van der Waals surface area contributed by atoms with Crippen LogP contribution in [0.15, 0.2) is 18.2 Å². The van der Waals surface area contributed by atoms with Crippen molar-refractivity contribution < 1.29 is 19.1 Å². The fourth-order valence-electron chi connectivity index (χ4n) is 1.27. The standard InChI is InChI=1S/C13H17FN2O3/c1-8-6-9(4-5-10(8)14)16-12(19)15-7-13(2,3)11(17)18/h4-6H,7H2,1-3H3,(H,17,18)(H2,15,16,19). The van der Waals surface area contributed by atoms with Crippen LogP contribution in [0.3, 0.4) is 0 Å². The molecule has 1 rings (SSSR count). The Kier molecular flexibility index (Phi) is 4.47. The summed E-state index contributed by atoms with van der Waals surface area (Å²) in [5.41, 5.74) is -0.177. The molecule has 0 aromatic heterocycles. The summed E-state index contributed by atoms with van der Waals surface area (Å²) in [7, 11) is 0. The smallest absolute Gasteiger partial charge is 0.319 e. The fourth-order valence-corrected chi connectivity index (χ4v) is 1.27. The summed E-state index contributed by atoms with van der Waals surface area (Å²) >= 11 is 0. The molecular weight excluding hydrogens is 251 g/mol. The first kappa shape index (κ1) is 14.9. The summed E-state index contributed by atoms with van der Waals surface area (Å²) in [6.07, 6.45) is 0. The zero-order valence-corrected chi connectivity index (χ0v) is 11.1. The quantitative estimate of drug-likeness (QED) is 0.784. The normalized spacial score (nSPS) is 10.9. The van der Waals surface area contributed by atoms with E-state index in [9.17, 15) is 14.0 Å². The molecule has 19 heavy (non-hydrogen) atoms. The molecule has 0 saturated heterocycles. The molecule has 0 aliphatic carbocycles. The van der Waals surface area contributed by atoms with E-state index in [0.29, 0.717) is 11.3 Å². The van der Waals surface area contributed by atoms with Gasteiger partial charge in [-0.2, -0.15) is 0 Å². The molecule has 0 aliphatic heterocycles. The van der Waals surface area contributed by atoms with E-state index < -0.39 is 17.4 Å². The first-order valence-electron chi connectivity index (χ1n) is 5.77. The first-order valence-corrected chi connectivity index (χ1v) is 5.77. The van der Waals surface area contributed by atoms with Crippen LogP contribution < -0.4 is 10.6 Å². The molecule has 5 nitrogen and oxygen atoms in total.